The predicted octanol–water partition coefficient (Wildman–Crippen LogP) is 4.28. The summed E-state index contributed by atoms with van der Waals surface area (Å²) in [5.74, 6) is -0.219. The average Bonchev–Trinajstić information content (AvgIpc) is 2.41. The Bertz CT molecular complexity index is 702. The first-order chi connectivity index (χ1) is 9.91. The zero-order valence-corrected chi connectivity index (χ0v) is 12.1. The Hall–Kier alpha value is -2.52. The van der Waals surface area contributed by atoms with Gasteiger partial charge in [0.05, 0.1) is 0 Å². The Labute approximate surface area is 122 Å². The molecule has 0 aliphatic carbocycles. The monoisotopic (exact) mass is 286 g/mol. The fourth-order valence-electron chi connectivity index (χ4n) is 1.90. The summed E-state index contributed by atoms with van der Waals surface area (Å²) < 4.78 is 19.0. The van der Waals surface area contributed by atoms with E-state index in [0.29, 0.717) is 5.75 Å². The van der Waals surface area contributed by atoms with Gasteiger partial charge >= 0.3 is 0 Å². The lowest BCUT2D eigenvalue weighted by Gasteiger charge is -2.22. The van der Waals surface area contributed by atoms with Gasteiger partial charge in [0, 0.05) is 5.56 Å². The van der Waals surface area contributed by atoms with Crippen LogP contribution in [-0.4, -0.2) is 11.1 Å². The number of hydrogen-bond donors (Lipinski definition) is 0. The van der Waals surface area contributed by atoms with Gasteiger partial charge in [0.1, 0.15) is 11.4 Å². The summed E-state index contributed by atoms with van der Waals surface area (Å²) in [6.45, 7) is 6.12. The molecule has 0 saturated heterocycles. The first kappa shape index (κ1) is 14.9. The van der Waals surface area contributed by atoms with Crippen molar-refractivity contribution >= 4 is 11.8 Å². The molecule has 21 heavy (non-hydrogen) atoms. The highest BCUT2D eigenvalue weighted by Gasteiger charge is 2.20. The maximum absolute atomic E-state index is 13.3. The van der Waals surface area contributed by atoms with Gasteiger partial charge in [-0.2, -0.15) is 14.4 Å². The largest absolute Gasteiger partial charge is 0.437 e. The number of hydrogen-bond acceptors (Lipinski definition) is 4. The van der Waals surface area contributed by atoms with E-state index in [9.17, 15) is 9.18 Å². The Morgan fingerprint density at radius 2 is 1.90 bits per heavy atom. The number of nitrogens with zero attached hydrogens (tertiary/aromatic N) is 2. The molecule has 0 radical (unpaired) electrons. The van der Waals surface area contributed by atoms with E-state index in [0.717, 1.165) is 11.6 Å². The second-order valence-corrected chi connectivity index (χ2v) is 5.51. The van der Waals surface area contributed by atoms with Crippen LogP contribution >= 0.6 is 0 Å². The molecular formula is C16H15FN2O2. The lowest BCUT2D eigenvalue weighted by Crippen LogP contribution is -2.12. The van der Waals surface area contributed by atoms with Crippen molar-refractivity contribution in [2.45, 2.75) is 26.2 Å². The molecule has 0 N–H and O–H groups in total. The van der Waals surface area contributed by atoms with Gasteiger partial charge in [-0.15, -0.1) is 0 Å². The SMILES string of the molecule is CC(C)(C)c1ccccc1Oc1nc(F)ccc1N=C=O. The lowest BCUT2D eigenvalue weighted by molar-refractivity contribution is 0.428. The van der Waals surface area contributed by atoms with Crippen LogP contribution in [0.2, 0.25) is 0 Å². The van der Waals surface area contributed by atoms with Crippen LogP contribution in [0.4, 0.5) is 10.1 Å². The Balaban J connectivity index is 2.48. The van der Waals surface area contributed by atoms with Gasteiger partial charge in [0.25, 0.3) is 0 Å². The molecule has 0 saturated carbocycles. The summed E-state index contributed by atoms with van der Waals surface area (Å²) in [6, 6.07) is 9.84. The van der Waals surface area contributed by atoms with Crippen LogP contribution in [0.25, 0.3) is 0 Å². The maximum atomic E-state index is 13.3. The molecule has 1 aromatic heterocycles. The van der Waals surface area contributed by atoms with Crippen molar-refractivity contribution in [1.82, 2.24) is 4.98 Å². The van der Waals surface area contributed by atoms with E-state index in [4.69, 9.17) is 4.74 Å². The van der Waals surface area contributed by atoms with E-state index < -0.39 is 5.95 Å². The summed E-state index contributed by atoms with van der Waals surface area (Å²) >= 11 is 0. The topological polar surface area (TPSA) is 51.6 Å². The Morgan fingerprint density at radius 1 is 1.19 bits per heavy atom. The number of pyridine rings is 1. The van der Waals surface area contributed by atoms with Gasteiger partial charge in [-0.25, -0.2) is 4.79 Å². The number of isocyanates is 1. The molecule has 0 atom stereocenters. The fraction of sp³-hybridized carbons (Fsp3) is 0.250. The van der Waals surface area contributed by atoms with Crippen LogP contribution in [0.3, 0.4) is 0 Å². The molecule has 0 bridgehead atoms. The number of halogens is 1. The van der Waals surface area contributed by atoms with Gasteiger partial charge < -0.3 is 4.74 Å². The summed E-state index contributed by atoms with van der Waals surface area (Å²) in [7, 11) is 0. The zero-order valence-electron chi connectivity index (χ0n) is 12.1. The molecule has 4 nitrogen and oxygen atoms in total. The van der Waals surface area contributed by atoms with Gasteiger partial charge in [-0.05, 0) is 23.6 Å². The summed E-state index contributed by atoms with van der Waals surface area (Å²) in [5.41, 5.74) is 0.921. The Morgan fingerprint density at radius 3 is 2.57 bits per heavy atom. The molecule has 2 aromatic rings. The van der Waals surface area contributed by atoms with Crippen molar-refractivity contribution in [3.63, 3.8) is 0 Å². The van der Waals surface area contributed by atoms with Crippen LogP contribution in [0.5, 0.6) is 11.6 Å². The third-order valence-corrected chi connectivity index (χ3v) is 2.87. The molecule has 0 aliphatic heterocycles. The summed E-state index contributed by atoms with van der Waals surface area (Å²) in [5, 5.41) is 0. The number of carbonyl (C=O) groups excluding carboxylic acids is 1. The molecular weight excluding hydrogens is 271 g/mol. The first-order valence-corrected chi connectivity index (χ1v) is 6.43. The standard InChI is InChI=1S/C16H15FN2O2/c1-16(2,3)11-6-4-5-7-13(11)21-15-12(18-10-20)8-9-14(17)19-15/h4-9H,1-3H3. The van der Waals surface area contributed by atoms with E-state index in [-0.39, 0.29) is 17.0 Å². The van der Waals surface area contributed by atoms with Crippen molar-refractivity contribution in [3.8, 4) is 11.6 Å². The smallest absolute Gasteiger partial charge is 0.249 e. The van der Waals surface area contributed by atoms with Crippen molar-refractivity contribution in [3.05, 3.63) is 47.9 Å². The third-order valence-electron chi connectivity index (χ3n) is 2.87. The minimum absolute atomic E-state index is 0.0601. The van der Waals surface area contributed by atoms with E-state index in [2.05, 4.69) is 9.98 Å². The van der Waals surface area contributed by atoms with Crippen molar-refractivity contribution in [2.24, 2.45) is 4.99 Å². The number of rotatable bonds is 3. The number of aliphatic imine (C=N–C) groups is 1. The summed E-state index contributed by atoms with van der Waals surface area (Å²) in [4.78, 5) is 17.5. The van der Waals surface area contributed by atoms with Crippen molar-refractivity contribution in [2.75, 3.05) is 0 Å². The third kappa shape index (κ3) is 3.52. The second kappa shape index (κ2) is 5.85. The molecule has 5 heteroatoms. The highest BCUT2D eigenvalue weighted by Crippen LogP contribution is 2.36. The van der Waals surface area contributed by atoms with Crippen molar-refractivity contribution in [1.29, 1.82) is 0 Å². The number of para-hydroxylation sites is 1. The van der Waals surface area contributed by atoms with E-state index in [1.54, 1.807) is 6.07 Å². The number of aromatic nitrogens is 1. The van der Waals surface area contributed by atoms with Gasteiger partial charge in [0.2, 0.25) is 17.9 Å². The highest BCUT2D eigenvalue weighted by atomic mass is 19.1. The van der Waals surface area contributed by atoms with Crippen LogP contribution in [-0.2, 0) is 10.2 Å². The minimum atomic E-state index is -0.705. The first-order valence-electron chi connectivity index (χ1n) is 6.43. The second-order valence-electron chi connectivity index (χ2n) is 5.51. The van der Waals surface area contributed by atoms with Crippen LogP contribution in [0.1, 0.15) is 26.3 Å². The maximum Gasteiger partial charge on any atom is 0.249 e. The minimum Gasteiger partial charge on any atom is -0.437 e. The quantitative estimate of drug-likeness (QED) is 0.481. The zero-order chi connectivity index (χ0) is 15.5. The number of ether oxygens (including phenoxy) is 1. The summed E-state index contributed by atoms with van der Waals surface area (Å²) in [6.07, 6.45) is 1.41. The molecule has 0 fully saturated rings. The molecule has 0 amide bonds. The van der Waals surface area contributed by atoms with Crippen LogP contribution < -0.4 is 4.74 Å². The van der Waals surface area contributed by atoms with E-state index >= 15 is 0 Å². The lowest BCUT2D eigenvalue weighted by atomic mass is 9.86. The van der Waals surface area contributed by atoms with E-state index in [1.165, 1.54) is 12.1 Å². The molecule has 2 rings (SSSR count). The average molecular weight is 286 g/mol. The fourth-order valence-corrected chi connectivity index (χ4v) is 1.90. The predicted molar refractivity (Wildman–Crippen MR) is 77.2 cm³/mol. The van der Waals surface area contributed by atoms with Gasteiger partial charge in [0.15, 0.2) is 0 Å². The van der Waals surface area contributed by atoms with Crippen LogP contribution in [0.15, 0.2) is 41.4 Å². The van der Waals surface area contributed by atoms with Gasteiger partial charge in [-0.1, -0.05) is 39.0 Å². The molecule has 108 valence electrons. The molecule has 0 spiro atoms. The molecule has 1 heterocycles. The molecule has 0 unspecified atom stereocenters. The normalized spacial score (nSPS) is 10.9. The molecule has 1 aromatic carbocycles. The van der Waals surface area contributed by atoms with Crippen molar-refractivity contribution < 1.29 is 13.9 Å². The number of benzene rings is 1. The van der Waals surface area contributed by atoms with Crippen LogP contribution in [0, 0.1) is 5.95 Å². The van der Waals surface area contributed by atoms with Gasteiger partial charge in [-0.3, -0.25) is 0 Å². The Kier molecular flexibility index (Phi) is 4.15. The molecule has 0 aliphatic rings. The van der Waals surface area contributed by atoms with E-state index in [1.807, 2.05) is 39.0 Å². The highest BCUT2D eigenvalue weighted by molar-refractivity contribution is 5.56.